The fourth-order valence-corrected chi connectivity index (χ4v) is 3.39. The van der Waals surface area contributed by atoms with Crippen molar-refractivity contribution in [3.05, 3.63) is 60.2 Å². The van der Waals surface area contributed by atoms with Gasteiger partial charge in [0, 0.05) is 24.8 Å². The standard InChI is InChI=1S/C19H19FN6O/c20-14-5-3-13(4-6-14)17-12-26(24-23-17)15-7-10-25(11-8-15)19-16(18(21)27)2-1-9-22-19/h1-6,9,12,15H,7-8,10-11H2,(H2,21,27). The molecule has 2 N–H and O–H groups in total. The Bertz CT molecular complexity index is 947. The second-order valence-corrected chi connectivity index (χ2v) is 6.55. The van der Waals surface area contributed by atoms with Crippen LogP contribution < -0.4 is 10.6 Å². The molecule has 1 saturated heterocycles. The smallest absolute Gasteiger partial charge is 0.252 e. The number of hydrogen-bond donors (Lipinski definition) is 1. The van der Waals surface area contributed by atoms with Crippen LogP contribution in [-0.2, 0) is 0 Å². The molecule has 1 aromatic carbocycles. The van der Waals surface area contributed by atoms with Gasteiger partial charge in [-0.05, 0) is 49.2 Å². The van der Waals surface area contributed by atoms with Crippen LogP contribution in [0.5, 0.6) is 0 Å². The third-order valence-corrected chi connectivity index (χ3v) is 4.84. The Kier molecular flexibility index (Phi) is 4.53. The van der Waals surface area contributed by atoms with Gasteiger partial charge in [0.2, 0.25) is 0 Å². The van der Waals surface area contributed by atoms with E-state index in [0.29, 0.717) is 11.4 Å². The average molecular weight is 366 g/mol. The molecule has 0 radical (unpaired) electrons. The van der Waals surface area contributed by atoms with Gasteiger partial charge < -0.3 is 10.6 Å². The number of primary amides is 1. The minimum Gasteiger partial charge on any atom is -0.365 e. The number of rotatable bonds is 4. The van der Waals surface area contributed by atoms with Gasteiger partial charge in [-0.3, -0.25) is 4.79 Å². The van der Waals surface area contributed by atoms with Crippen molar-refractivity contribution in [3.8, 4) is 11.3 Å². The first kappa shape index (κ1) is 17.1. The predicted molar refractivity (Wildman–Crippen MR) is 98.7 cm³/mol. The predicted octanol–water partition coefficient (Wildman–Crippen LogP) is 2.42. The number of nitrogens with two attached hydrogens (primary N) is 1. The molecule has 3 heterocycles. The molecule has 1 aliphatic rings. The Morgan fingerprint density at radius 1 is 1.15 bits per heavy atom. The number of halogens is 1. The Morgan fingerprint density at radius 3 is 2.59 bits per heavy atom. The van der Waals surface area contributed by atoms with E-state index in [0.717, 1.165) is 37.2 Å². The molecule has 0 atom stereocenters. The van der Waals surface area contributed by atoms with Crippen LogP contribution in [0.4, 0.5) is 10.2 Å². The van der Waals surface area contributed by atoms with Crippen molar-refractivity contribution in [3.63, 3.8) is 0 Å². The molecule has 0 bridgehead atoms. The minimum absolute atomic E-state index is 0.212. The largest absolute Gasteiger partial charge is 0.365 e. The lowest BCUT2D eigenvalue weighted by atomic mass is 10.0. The van der Waals surface area contributed by atoms with Gasteiger partial charge >= 0.3 is 0 Å². The van der Waals surface area contributed by atoms with E-state index in [1.54, 1.807) is 30.5 Å². The number of piperidine rings is 1. The molecule has 1 aliphatic heterocycles. The lowest BCUT2D eigenvalue weighted by Gasteiger charge is -2.33. The van der Waals surface area contributed by atoms with Crippen LogP contribution in [0.2, 0.25) is 0 Å². The highest BCUT2D eigenvalue weighted by atomic mass is 19.1. The Morgan fingerprint density at radius 2 is 1.89 bits per heavy atom. The second-order valence-electron chi connectivity index (χ2n) is 6.55. The molecule has 138 valence electrons. The summed E-state index contributed by atoms with van der Waals surface area (Å²) in [6.07, 6.45) is 5.26. The highest BCUT2D eigenvalue weighted by Gasteiger charge is 2.25. The zero-order valence-corrected chi connectivity index (χ0v) is 14.6. The molecule has 3 aromatic rings. The summed E-state index contributed by atoms with van der Waals surface area (Å²) in [5, 5.41) is 8.46. The lowest BCUT2D eigenvalue weighted by Crippen LogP contribution is -2.36. The number of carbonyl (C=O) groups excluding carboxylic acids is 1. The zero-order valence-electron chi connectivity index (χ0n) is 14.6. The molecule has 1 fully saturated rings. The average Bonchev–Trinajstić information content (AvgIpc) is 3.19. The summed E-state index contributed by atoms with van der Waals surface area (Å²) in [6, 6.07) is 9.83. The van der Waals surface area contributed by atoms with Crippen molar-refractivity contribution in [2.45, 2.75) is 18.9 Å². The summed E-state index contributed by atoms with van der Waals surface area (Å²) in [5.74, 6) is -0.113. The van der Waals surface area contributed by atoms with E-state index >= 15 is 0 Å². The Balaban J connectivity index is 1.46. The van der Waals surface area contributed by atoms with E-state index in [9.17, 15) is 9.18 Å². The molecule has 0 aliphatic carbocycles. The first-order valence-electron chi connectivity index (χ1n) is 8.79. The normalized spacial score (nSPS) is 15.1. The van der Waals surface area contributed by atoms with E-state index in [4.69, 9.17) is 5.73 Å². The van der Waals surface area contributed by atoms with Crippen molar-refractivity contribution in [2.24, 2.45) is 5.73 Å². The van der Waals surface area contributed by atoms with Gasteiger partial charge in [0.05, 0.1) is 17.8 Å². The van der Waals surface area contributed by atoms with Crippen molar-refractivity contribution in [2.75, 3.05) is 18.0 Å². The summed E-state index contributed by atoms with van der Waals surface area (Å²) in [7, 11) is 0. The van der Waals surface area contributed by atoms with E-state index in [-0.39, 0.29) is 11.9 Å². The van der Waals surface area contributed by atoms with Crippen molar-refractivity contribution < 1.29 is 9.18 Å². The van der Waals surface area contributed by atoms with Crippen molar-refractivity contribution in [1.82, 2.24) is 20.0 Å². The van der Waals surface area contributed by atoms with Gasteiger partial charge in [0.25, 0.3) is 5.91 Å². The maximum absolute atomic E-state index is 13.1. The fraction of sp³-hybridized carbons (Fsp3) is 0.263. The highest BCUT2D eigenvalue weighted by molar-refractivity contribution is 5.97. The Labute approximate surface area is 155 Å². The number of nitrogens with zero attached hydrogens (tertiary/aromatic N) is 5. The van der Waals surface area contributed by atoms with E-state index in [1.165, 1.54) is 12.1 Å². The third-order valence-electron chi connectivity index (χ3n) is 4.84. The number of hydrogen-bond acceptors (Lipinski definition) is 5. The molecule has 27 heavy (non-hydrogen) atoms. The minimum atomic E-state index is -0.472. The van der Waals surface area contributed by atoms with Gasteiger partial charge in [0.1, 0.15) is 17.3 Å². The SMILES string of the molecule is NC(=O)c1cccnc1N1CCC(n2cc(-c3ccc(F)cc3)nn2)CC1. The van der Waals surface area contributed by atoms with Gasteiger partial charge in [0.15, 0.2) is 0 Å². The summed E-state index contributed by atoms with van der Waals surface area (Å²) >= 11 is 0. The van der Waals surface area contributed by atoms with Crippen LogP contribution in [0.25, 0.3) is 11.3 Å². The molecular formula is C19H19FN6O. The summed E-state index contributed by atoms with van der Waals surface area (Å²) in [4.78, 5) is 18.0. The van der Waals surface area contributed by atoms with Gasteiger partial charge in [-0.25, -0.2) is 14.1 Å². The molecule has 0 spiro atoms. The molecule has 8 heteroatoms. The zero-order chi connectivity index (χ0) is 18.8. The summed E-state index contributed by atoms with van der Waals surface area (Å²) in [6.45, 7) is 1.49. The molecule has 2 aromatic heterocycles. The van der Waals surface area contributed by atoms with E-state index < -0.39 is 5.91 Å². The summed E-state index contributed by atoms with van der Waals surface area (Å²) in [5.41, 5.74) is 7.45. The Hall–Kier alpha value is -3.29. The van der Waals surface area contributed by atoms with Gasteiger partial charge in [-0.15, -0.1) is 5.10 Å². The van der Waals surface area contributed by atoms with Crippen molar-refractivity contribution in [1.29, 1.82) is 0 Å². The lowest BCUT2D eigenvalue weighted by molar-refractivity contribution is 0.100. The fourth-order valence-electron chi connectivity index (χ4n) is 3.39. The number of carbonyl (C=O) groups is 1. The maximum Gasteiger partial charge on any atom is 0.252 e. The van der Waals surface area contributed by atoms with Crippen LogP contribution in [0.1, 0.15) is 29.2 Å². The maximum atomic E-state index is 13.1. The second kappa shape index (κ2) is 7.14. The molecular weight excluding hydrogens is 347 g/mol. The van der Waals surface area contributed by atoms with E-state index in [2.05, 4.69) is 20.2 Å². The molecule has 4 rings (SSSR count). The van der Waals surface area contributed by atoms with Gasteiger partial charge in [-0.2, -0.15) is 0 Å². The molecule has 7 nitrogen and oxygen atoms in total. The molecule has 1 amide bonds. The molecule has 0 unspecified atom stereocenters. The quantitative estimate of drug-likeness (QED) is 0.766. The monoisotopic (exact) mass is 366 g/mol. The van der Waals surface area contributed by atoms with Crippen LogP contribution >= 0.6 is 0 Å². The van der Waals surface area contributed by atoms with Crippen LogP contribution in [0.15, 0.2) is 48.8 Å². The van der Waals surface area contributed by atoms with Crippen LogP contribution in [0, 0.1) is 5.82 Å². The van der Waals surface area contributed by atoms with E-state index in [1.807, 2.05) is 10.9 Å². The topological polar surface area (TPSA) is 89.9 Å². The first-order chi connectivity index (χ1) is 13.1. The number of pyridine rings is 1. The summed E-state index contributed by atoms with van der Waals surface area (Å²) < 4.78 is 14.9. The number of aromatic nitrogens is 4. The van der Waals surface area contributed by atoms with Crippen LogP contribution in [0.3, 0.4) is 0 Å². The first-order valence-corrected chi connectivity index (χ1v) is 8.79. The number of benzene rings is 1. The van der Waals surface area contributed by atoms with Crippen molar-refractivity contribution >= 4 is 11.7 Å². The third kappa shape index (κ3) is 3.51. The number of amides is 1. The number of anilines is 1. The molecule has 0 saturated carbocycles. The van der Waals surface area contributed by atoms with Gasteiger partial charge in [-0.1, -0.05) is 5.21 Å². The highest BCUT2D eigenvalue weighted by Crippen LogP contribution is 2.28. The van der Waals surface area contributed by atoms with Crippen LogP contribution in [-0.4, -0.2) is 39.0 Å².